The lowest BCUT2D eigenvalue weighted by atomic mass is 10.1. The summed E-state index contributed by atoms with van der Waals surface area (Å²) in [7, 11) is 2.12. The van der Waals surface area contributed by atoms with Crippen LogP contribution in [0.3, 0.4) is 0 Å². The fraction of sp³-hybridized carbons (Fsp3) is 0.538. The summed E-state index contributed by atoms with van der Waals surface area (Å²) < 4.78 is 0. The standard InChI is InChI=1S/C13H22N2.ClH/c1-10-5-6-13(11(2)7-10)9-15(4)12(3)8-14;/h5-7,12H,8-9,14H2,1-4H3;1H. The smallest absolute Gasteiger partial charge is 0.0236 e. The maximum absolute atomic E-state index is 5.65. The van der Waals surface area contributed by atoms with E-state index in [9.17, 15) is 0 Å². The Bertz CT molecular complexity index is 326. The van der Waals surface area contributed by atoms with Crippen molar-refractivity contribution in [2.24, 2.45) is 5.73 Å². The summed E-state index contributed by atoms with van der Waals surface area (Å²) in [6.07, 6.45) is 0. The summed E-state index contributed by atoms with van der Waals surface area (Å²) in [5.74, 6) is 0. The van der Waals surface area contributed by atoms with Crippen LogP contribution in [0.5, 0.6) is 0 Å². The zero-order valence-electron chi connectivity index (χ0n) is 10.7. The van der Waals surface area contributed by atoms with E-state index in [2.05, 4.69) is 50.9 Å². The summed E-state index contributed by atoms with van der Waals surface area (Å²) in [4.78, 5) is 2.29. The first-order valence-corrected chi connectivity index (χ1v) is 5.51. The number of hydrogen-bond donors (Lipinski definition) is 1. The Morgan fingerprint density at radius 1 is 1.31 bits per heavy atom. The Hall–Kier alpha value is -0.570. The highest BCUT2D eigenvalue weighted by molar-refractivity contribution is 5.85. The van der Waals surface area contributed by atoms with E-state index in [1.165, 1.54) is 16.7 Å². The van der Waals surface area contributed by atoms with E-state index in [4.69, 9.17) is 5.73 Å². The molecule has 1 aromatic rings. The van der Waals surface area contributed by atoms with Gasteiger partial charge < -0.3 is 5.73 Å². The highest BCUT2D eigenvalue weighted by atomic mass is 35.5. The molecular formula is C13H23ClN2. The molecule has 16 heavy (non-hydrogen) atoms. The fourth-order valence-corrected chi connectivity index (χ4v) is 1.63. The molecule has 0 aliphatic heterocycles. The van der Waals surface area contributed by atoms with Crippen LogP contribution in [0.1, 0.15) is 23.6 Å². The molecule has 1 atom stereocenters. The molecule has 0 saturated carbocycles. The molecule has 0 bridgehead atoms. The van der Waals surface area contributed by atoms with Crippen molar-refractivity contribution in [2.45, 2.75) is 33.4 Å². The van der Waals surface area contributed by atoms with Gasteiger partial charge in [0.05, 0.1) is 0 Å². The van der Waals surface area contributed by atoms with Gasteiger partial charge in [0, 0.05) is 19.1 Å². The van der Waals surface area contributed by atoms with Crippen molar-refractivity contribution in [1.29, 1.82) is 0 Å². The van der Waals surface area contributed by atoms with Crippen LogP contribution in [0, 0.1) is 13.8 Å². The van der Waals surface area contributed by atoms with Crippen molar-refractivity contribution in [3.63, 3.8) is 0 Å². The molecule has 2 nitrogen and oxygen atoms in total. The predicted molar refractivity (Wildman–Crippen MR) is 73.1 cm³/mol. The van der Waals surface area contributed by atoms with Crippen molar-refractivity contribution < 1.29 is 0 Å². The molecule has 0 saturated heterocycles. The minimum Gasteiger partial charge on any atom is -0.329 e. The average molecular weight is 243 g/mol. The van der Waals surface area contributed by atoms with Gasteiger partial charge in [0.2, 0.25) is 0 Å². The molecule has 0 spiro atoms. The van der Waals surface area contributed by atoms with Crippen LogP contribution in [-0.2, 0) is 6.54 Å². The third-order valence-electron chi connectivity index (χ3n) is 3.01. The van der Waals surface area contributed by atoms with Crippen molar-refractivity contribution >= 4 is 12.4 Å². The highest BCUT2D eigenvalue weighted by Gasteiger charge is 2.08. The van der Waals surface area contributed by atoms with Gasteiger partial charge in [-0.2, -0.15) is 0 Å². The second kappa shape index (κ2) is 6.89. The van der Waals surface area contributed by atoms with Gasteiger partial charge in [0.25, 0.3) is 0 Å². The Kier molecular flexibility index (Phi) is 6.65. The van der Waals surface area contributed by atoms with Crippen LogP contribution in [0.4, 0.5) is 0 Å². The van der Waals surface area contributed by atoms with Gasteiger partial charge in [-0.1, -0.05) is 23.8 Å². The summed E-state index contributed by atoms with van der Waals surface area (Å²) in [5, 5.41) is 0. The number of aryl methyl sites for hydroxylation is 2. The summed E-state index contributed by atoms with van der Waals surface area (Å²) in [6.45, 7) is 8.14. The maximum Gasteiger partial charge on any atom is 0.0236 e. The molecule has 92 valence electrons. The summed E-state index contributed by atoms with van der Waals surface area (Å²) in [6, 6.07) is 7.05. The Labute approximate surface area is 105 Å². The number of hydrogen-bond acceptors (Lipinski definition) is 2. The third-order valence-corrected chi connectivity index (χ3v) is 3.01. The van der Waals surface area contributed by atoms with E-state index >= 15 is 0 Å². The van der Waals surface area contributed by atoms with Crippen LogP contribution in [-0.4, -0.2) is 24.5 Å². The SMILES string of the molecule is Cc1ccc(CN(C)C(C)CN)c(C)c1.Cl. The summed E-state index contributed by atoms with van der Waals surface area (Å²) >= 11 is 0. The minimum absolute atomic E-state index is 0. The van der Waals surface area contributed by atoms with Gasteiger partial charge in [-0.15, -0.1) is 12.4 Å². The van der Waals surface area contributed by atoms with E-state index in [0.717, 1.165) is 6.54 Å². The minimum atomic E-state index is 0. The lowest BCUT2D eigenvalue weighted by Crippen LogP contribution is -2.34. The van der Waals surface area contributed by atoms with Crippen LogP contribution >= 0.6 is 12.4 Å². The van der Waals surface area contributed by atoms with Crippen molar-refractivity contribution in [3.05, 3.63) is 34.9 Å². The molecule has 0 heterocycles. The third kappa shape index (κ3) is 4.12. The van der Waals surface area contributed by atoms with Crippen molar-refractivity contribution in [2.75, 3.05) is 13.6 Å². The fourth-order valence-electron chi connectivity index (χ4n) is 1.63. The zero-order valence-corrected chi connectivity index (χ0v) is 11.5. The Morgan fingerprint density at radius 2 is 1.94 bits per heavy atom. The van der Waals surface area contributed by atoms with Gasteiger partial charge in [-0.3, -0.25) is 4.90 Å². The second-order valence-electron chi connectivity index (χ2n) is 4.43. The van der Waals surface area contributed by atoms with Crippen LogP contribution in [0.2, 0.25) is 0 Å². The van der Waals surface area contributed by atoms with Crippen LogP contribution < -0.4 is 5.73 Å². The summed E-state index contributed by atoms with van der Waals surface area (Å²) in [5.41, 5.74) is 9.73. The van der Waals surface area contributed by atoms with Crippen LogP contribution in [0.25, 0.3) is 0 Å². The molecular weight excluding hydrogens is 220 g/mol. The lowest BCUT2D eigenvalue weighted by molar-refractivity contribution is 0.254. The average Bonchev–Trinajstić information content (AvgIpc) is 2.20. The maximum atomic E-state index is 5.65. The van der Waals surface area contributed by atoms with E-state index in [0.29, 0.717) is 12.6 Å². The van der Waals surface area contributed by atoms with E-state index in [-0.39, 0.29) is 12.4 Å². The topological polar surface area (TPSA) is 29.3 Å². The van der Waals surface area contributed by atoms with Crippen molar-refractivity contribution in [3.8, 4) is 0 Å². The molecule has 3 heteroatoms. The molecule has 1 rings (SSSR count). The van der Waals surface area contributed by atoms with Gasteiger partial charge >= 0.3 is 0 Å². The molecule has 0 amide bonds. The van der Waals surface area contributed by atoms with Gasteiger partial charge in [0.15, 0.2) is 0 Å². The first kappa shape index (κ1) is 15.4. The molecule has 0 aliphatic carbocycles. The number of nitrogens with two attached hydrogens (primary N) is 1. The number of halogens is 1. The molecule has 1 unspecified atom stereocenters. The molecule has 1 aromatic carbocycles. The normalized spacial score (nSPS) is 12.4. The molecule has 0 aliphatic rings. The number of rotatable bonds is 4. The first-order chi connectivity index (χ1) is 7.04. The second-order valence-corrected chi connectivity index (χ2v) is 4.43. The largest absolute Gasteiger partial charge is 0.329 e. The molecule has 0 fully saturated rings. The monoisotopic (exact) mass is 242 g/mol. The lowest BCUT2D eigenvalue weighted by Gasteiger charge is -2.24. The van der Waals surface area contributed by atoms with Gasteiger partial charge in [-0.25, -0.2) is 0 Å². The predicted octanol–water partition coefficient (Wildman–Crippen LogP) is 2.50. The molecule has 2 N–H and O–H groups in total. The van der Waals surface area contributed by atoms with Crippen LogP contribution in [0.15, 0.2) is 18.2 Å². The van der Waals surface area contributed by atoms with Gasteiger partial charge in [-0.05, 0) is 38.9 Å². The Morgan fingerprint density at radius 3 is 2.44 bits per heavy atom. The number of nitrogens with zero attached hydrogens (tertiary/aromatic N) is 1. The molecule has 0 aromatic heterocycles. The first-order valence-electron chi connectivity index (χ1n) is 5.51. The van der Waals surface area contributed by atoms with Crippen molar-refractivity contribution in [1.82, 2.24) is 4.90 Å². The zero-order chi connectivity index (χ0) is 11.4. The molecule has 0 radical (unpaired) electrons. The Balaban J connectivity index is 0.00000225. The number of likely N-dealkylation sites (N-methyl/N-ethyl adjacent to an activating group) is 1. The van der Waals surface area contributed by atoms with Gasteiger partial charge in [0.1, 0.15) is 0 Å². The number of benzene rings is 1. The van der Waals surface area contributed by atoms with E-state index in [1.54, 1.807) is 0 Å². The van der Waals surface area contributed by atoms with E-state index < -0.39 is 0 Å². The highest BCUT2D eigenvalue weighted by Crippen LogP contribution is 2.13. The quantitative estimate of drug-likeness (QED) is 0.879. The van der Waals surface area contributed by atoms with E-state index in [1.807, 2.05) is 0 Å².